The lowest BCUT2D eigenvalue weighted by Crippen LogP contribution is -2.28. The largest absolute Gasteiger partial charge is 0.490 e. The van der Waals surface area contributed by atoms with E-state index in [-0.39, 0.29) is 11.7 Å². The Hall–Kier alpha value is -4.72. The summed E-state index contributed by atoms with van der Waals surface area (Å²) < 4.78 is 12.6. The van der Waals surface area contributed by atoms with Crippen molar-refractivity contribution in [2.24, 2.45) is 0 Å². The molecule has 216 valence electrons. The Morgan fingerprint density at radius 2 is 1.67 bits per heavy atom. The molecule has 0 aliphatic carbocycles. The summed E-state index contributed by atoms with van der Waals surface area (Å²) in [4.78, 5) is 33.5. The van der Waals surface area contributed by atoms with E-state index in [0.29, 0.717) is 30.1 Å². The number of benzene rings is 3. The van der Waals surface area contributed by atoms with Crippen LogP contribution in [-0.4, -0.2) is 25.8 Å². The van der Waals surface area contributed by atoms with Crippen molar-refractivity contribution in [3.8, 4) is 34.0 Å². The number of H-pyrrole nitrogens is 1. The standard InChI is InChI=1S/C34H36N4O4/c1-5-11-31-30(33(39)38(22(4)35-31)25-15-17-27(18-16-25)41-26(6-2)7-3)21-23-14-19-28(24-12-9-8-10-13-24)29(20-23)32-36-34(40)42-37-32/h8-10,12-20,26H,5-7,11,21H2,1-4H3,(H,36,37,40). The summed E-state index contributed by atoms with van der Waals surface area (Å²) in [6.07, 6.45) is 3.97. The number of nitrogens with one attached hydrogen (secondary N) is 1. The maximum absolute atomic E-state index is 14.1. The Balaban J connectivity index is 1.56. The normalized spacial score (nSPS) is 11.3. The van der Waals surface area contributed by atoms with Gasteiger partial charge in [0.05, 0.1) is 17.5 Å². The van der Waals surface area contributed by atoms with Crippen LogP contribution in [0.3, 0.4) is 0 Å². The minimum Gasteiger partial charge on any atom is -0.490 e. The summed E-state index contributed by atoms with van der Waals surface area (Å²) >= 11 is 0. The maximum atomic E-state index is 14.1. The second kappa shape index (κ2) is 12.9. The number of aromatic amines is 1. The Labute approximate surface area is 245 Å². The van der Waals surface area contributed by atoms with Gasteiger partial charge in [0.2, 0.25) is 0 Å². The van der Waals surface area contributed by atoms with Gasteiger partial charge in [0.25, 0.3) is 5.56 Å². The summed E-state index contributed by atoms with van der Waals surface area (Å²) in [7, 11) is 0. The number of hydrogen-bond donors (Lipinski definition) is 1. The third-order valence-electron chi connectivity index (χ3n) is 7.47. The van der Waals surface area contributed by atoms with E-state index in [4.69, 9.17) is 14.2 Å². The predicted molar refractivity (Wildman–Crippen MR) is 164 cm³/mol. The van der Waals surface area contributed by atoms with Crippen molar-refractivity contribution in [2.75, 3.05) is 0 Å². The topological polar surface area (TPSA) is 103 Å². The SMILES string of the molecule is CCCc1nc(C)n(-c2ccc(OC(CC)CC)cc2)c(=O)c1Cc1ccc(-c2ccccc2)c(-c2noc(=O)[nH]2)c1. The van der Waals surface area contributed by atoms with Gasteiger partial charge in [-0.2, -0.15) is 0 Å². The van der Waals surface area contributed by atoms with E-state index in [1.54, 1.807) is 4.57 Å². The average Bonchev–Trinajstić information content (AvgIpc) is 3.45. The number of ether oxygens (including phenoxy) is 1. The van der Waals surface area contributed by atoms with E-state index in [1.807, 2.05) is 79.7 Å². The number of aromatic nitrogens is 4. The highest BCUT2D eigenvalue weighted by Gasteiger charge is 2.19. The van der Waals surface area contributed by atoms with E-state index >= 15 is 0 Å². The van der Waals surface area contributed by atoms with Crippen LogP contribution >= 0.6 is 0 Å². The van der Waals surface area contributed by atoms with Gasteiger partial charge in [-0.3, -0.25) is 18.9 Å². The highest BCUT2D eigenvalue weighted by molar-refractivity contribution is 5.81. The van der Waals surface area contributed by atoms with Gasteiger partial charge in [0.1, 0.15) is 11.6 Å². The molecule has 2 heterocycles. The molecule has 0 aliphatic rings. The van der Waals surface area contributed by atoms with E-state index in [2.05, 4.69) is 30.9 Å². The molecular formula is C34H36N4O4. The van der Waals surface area contributed by atoms with Gasteiger partial charge in [-0.25, -0.2) is 9.78 Å². The number of rotatable bonds is 11. The van der Waals surface area contributed by atoms with Gasteiger partial charge in [0.15, 0.2) is 5.82 Å². The van der Waals surface area contributed by atoms with Gasteiger partial charge in [-0.05, 0) is 73.2 Å². The second-order valence-corrected chi connectivity index (χ2v) is 10.4. The molecule has 0 unspecified atom stereocenters. The molecule has 8 nitrogen and oxygen atoms in total. The molecule has 42 heavy (non-hydrogen) atoms. The summed E-state index contributed by atoms with van der Waals surface area (Å²) in [5.41, 5.74) is 5.58. The fourth-order valence-corrected chi connectivity index (χ4v) is 5.28. The molecule has 0 spiro atoms. The molecule has 0 radical (unpaired) electrons. The van der Waals surface area contributed by atoms with E-state index < -0.39 is 5.76 Å². The fraction of sp³-hybridized carbons (Fsp3) is 0.294. The van der Waals surface area contributed by atoms with Crippen molar-refractivity contribution in [1.29, 1.82) is 0 Å². The van der Waals surface area contributed by atoms with Gasteiger partial charge in [-0.15, -0.1) is 0 Å². The van der Waals surface area contributed by atoms with E-state index in [9.17, 15) is 9.59 Å². The molecule has 0 fully saturated rings. The zero-order valence-electron chi connectivity index (χ0n) is 24.5. The molecule has 0 bridgehead atoms. The third-order valence-corrected chi connectivity index (χ3v) is 7.47. The van der Waals surface area contributed by atoms with Crippen LogP contribution in [0.25, 0.3) is 28.2 Å². The van der Waals surface area contributed by atoms with Crippen molar-refractivity contribution in [3.63, 3.8) is 0 Å². The van der Waals surface area contributed by atoms with Crippen molar-refractivity contribution in [3.05, 3.63) is 116 Å². The molecule has 3 aromatic carbocycles. The van der Waals surface area contributed by atoms with Gasteiger partial charge < -0.3 is 4.74 Å². The van der Waals surface area contributed by atoms with E-state index in [0.717, 1.165) is 58.6 Å². The van der Waals surface area contributed by atoms with Gasteiger partial charge in [0, 0.05) is 17.5 Å². The lowest BCUT2D eigenvalue weighted by atomic mass is 9.94. The molecule has 0 saturated heterocycles. The molecule has 2 aromatic heterocycles. The minimum absolute atomic E-state index is 0.0943. The molecule has 1 N–H and O–H groups in total. The Morgan fingerprint density at radius 3 is 2.31 bits per heavy atom. The number of nitrogens with zero attached hydrogens (tertiary/aromatic N) is 3. The molecule has 0 aliphatic heterocycles. The first-order valence-electron chi connectivity index (χ1n) is 14.5. The molecule has 0 atom stereocenters. The fourth-order valence-electron chi connectivity index (χ4n) is 5.28. The van der Waals surface area contributed by atoms with Gasteiger partial charge in [-0.1, -0.05) is 74.8 Å². The van der Waals surface area contributed by atoms with Crippen LogP contribution in [0.5, 0.6) is 5.75 Å². The van der Waals surface area contributed by atoms with Crippen LogP contribution in [0.4, 0.5) is 0 Å². The van der Waals surface area contributed by atoms with E-state index in [1.165, 1.54) is 0 Å². The minimum atomic E-state index is -0.624. The maximum Gasteiger partial charge on any atom is 0.439 e. The molecular weight excluding hydrogens is 528 g/mol. The molecule has 0 amide bonds. The highest BCUT2D eigenvalue weighted by Crippen LogP contribution is 2.31. The van der Waals surface area contributed by atoms with Crippen molar-refractivity contribution in [1.82, 2.24) is 19.7 Å². The Bertz CT molecular complexity index is 1760. The second-order valence-electron chi connectivity index (χ2n) is 10.4. The first-order chi connectivity index (χ1) is 20.4. The Morgan fingerprint density at radius 1 is 0.929 bits per heavy atom. The monoisotopic (exact) mass is 564 g/mol. The lowest BCUT2D eigenvalue weighted by Gasteiger charge is -2.18. The number of hydrogen-bond acceptors (Lipinski definition) is 6. The zero-order chi connectivity index (χ0) is 29.6. The van der Waals surface area contributed by atoms with Crippen LogP contribution in [0, 0.1) is 6.92 Å². The van der Waals surface area contributed by atoms with Crippen LogP contribution in [0.1, 0.15) is 62.7 Å². The molecule has 8 heteroatoms. The molecule has 5 rings (SSSR count). The van der Waals surface area contributed by atoms with Gasteiger partial charge >= 0.3 is 5.76 Å². The smallest absolute Gasteiger partial charge is 0.439 e. The first-order valence-corrected chi connectivity index (χ1v) is 14.5. The summed E-state index contributed by atoms with van der Waals surface area (Å²) in [5, 5.41) is 3.95. The summed E-state index contributed by atoms with van der Waals surface area (Å²) in [6, 6.07) is 23.5. The third kappa shape index (κ3) is 6.12. The van der Waals surface area contributed by atoms with Crippen LogP contribution in [-0.2, 0) is 12.8 Å². The zero-order valence-corrected chi connectivity index (χ0v) is 24.5. The Kier molecular flexibility index (Phi) is 8.81. The lowest BCUT2D eigenvalue weighted by molar-refractivity contribution is 0.193. The van der Waals surface area contributed by atoms with Crippen molar-refractivity contribution in [2.45, 2.75) is 65.9 Å². The van der Waals surface area contributed by atoms with Crippen LogP contribution < -0.4 is 16.1 Å². The predicted octanol–water partition coefficient (Wildman–Crippen LogP) is 6.66. The van der Waals surface area contributed by atoms with Crippen LogP contribution in [0.2, 0.25) is 0 Å². The molecule has 5 aromatic rings. The molecule has 0 saturated carbocycles. The average molecular weight is 565 g/mol. The number of aryl methyl sites for hydroxylation is 2. The highest BCUT2D eigenvalue weighted by atomic mass is 16.5. The first kappa shape index (κ1) is 28.8. The van der Waals surface area contributed by atoms with Crippen molar-refractivity contribution >= 4 is 0 Å². The summed E-state index contributed by atoms with van der Waals surface area (Å²) in [5.74, 6) is 1.14. The van der Waals surface area contributed by atoms with Crippen molar-refractivity contribution < 1.29 is 9.26 Å². The quantitative estimate of drug-likeness (QED) is 0.192. The van der Waals surface area contributed by atoms with Crippen LogP contribution in [0.15, 0.2) is 86.9 Å². The summed E-state index contributed by atoms with van der Waals surface area (Å²) in [6.45, 7) is 8.17.